The van der Waals surface area contributed by atoms with Crippen molar-refractivity contribution in [2.24, 2.45) is 0 Å². The molecule has 2 heterocycles. The fourth-order valence-corrected chi connectivity index (χ4v) is 5.54. The third kappa shape index (κ3) is 4.21. The van der Waals surface area contributed by atoms with E-state index in [1.807, 2.05) is 0 Å². The van der Waals surface area contributed by atoms with Gasteiger partial charge in [-0.25, -0.2) is 0 Å². The second-order valence-electron chi connectivity index (χ2n) is 9.90. The molecule has 2 aliphatic rings. The highest BCUT2D eigenvalue weighted by atomic mass is 16.5. The van der Waals surface area contributed by atoms with Gasteiger partial charge < -0.3 is 45.2 Å². The van der Waals surface area contributed by atoms with Crippen molar-refractivity contribution in [1.82, 2.24) is 0 Å². The summed E-state index contributed by atoms with van der Waals surface area (Å²) in [7, 11) is 0. The van der Waals surface area contributed by atoms with Gasteiger partial charge in [0.15, 0.2) is 17.2 Å². The van der Waals surface area contributed by atoms with Gasteiger partial charge in [0.2, 0.25) is 0 Å². The molecular weight excluding hydrogens is 504 g/mol. The van der Waals surface area contributed by atoms with Gasteiger partial charge in [-0.05, 0) is 60.7 Å². The van der Waals surface area contributed by atoms with Crippen molar-refractivity contribution in [2.45, 2.75) is 37.4 Å². The standard InChI is InChI=1S/C30H26O9/c31-16-3-1-14(2-4-16)25-12-20(18-6-5-17(32)11-26(18)39-25)28-21(33)13-27-19(29(28)36)7-8-24(38-27)15-9-22(34)30(37)23(35)10-15/h1-6,9-11,13,20,24-25,31-37H,7-8,12H2/t20-,24+,25?/m0/s1. The van der Waals surface area contributed by atoms with Crippen LogP contribution in [0.2, 0.25) is 0 Å². The van der Waals surface area contributed by atoms with Gasteiger partial charge in [-0.1, -0.05) is 18.2 Å². The van der Waals surface area contributed by atoms with Crippen molar-refractivity contribution in [3.8, 4) is 51.7 Å². The van der Waals surface area contributed by atoms with Gasteiger partial charge in [0.25, 0.3) is 0 Å². The molecule has 0 saturated heterocycles. The summed E-state index contributed by atoms with van der Waals surface area (Å²) in [6, 6.07) is 15.4. The zero-order valence-corrected chi connectivity index (χ0v) is 20.6. The Morgan fingerprint density at radius 3 is 1.97 bits per heavy atom. The van der Waals surface area contributed by atoms with E-state index in [4.69, 9.17) is 9.47 Å². The van der Waals surface area contributed by atoms with E-state index in [9.17, 15) is 35.7 Å². The summed E-state index contributed by atoms with van der Waals surface area (Å²) in [5.41, 5.74) is 2.74. The highest BCUT2D eigenvalue weighted by molar-refractivity contribution is 5.62. The van der Waals surface area contributed by atoms with Crippen LogP contribution in [0.5, 0.6) is 51.7 Å². The minimum atomic E-state index is -0.620. The molecule has 0 amide bonds. The minimum Gasteiger partial charge on any atom is -0.508 e. The molecule has 0 spiro atoms. The Morgan fingerprint density at radius 2 is 1.26 bits per heavy atom. The molecule has 2 aliphatic heterocycles. The maximum atomic E-state index is 11.4. The summed E-state index contributed by atoms with van der Waals surface area (Å²) in [5.74, 6) is -1.52. The number of fused-ring (bicyclic) bond motifs is 2. The lowest BCUT2D eigenvalue weighted by Crippen LogP contribution is -2.21. The van der Waals surface area contributed by atoms with Crippen molar-refractivity contribution in [3.63, 3.8) is 0 Å². The molecule has 0 saturated carbocycles. The van der Waals surface area contributed by atoms with Crippen LogP contribution < -0.4 is 9.47 Å². The first-order chi connectivity index (χ1) is 18.7. The maximum absolute atomic E-state index is 11.4. The van der Waals surface area contributed by atoms with Crippen molar-refractivity contribution >= 4 is 0 Å². The average molecular weight is 531 g/mol. The molecule has 1 unspecified atom stereocenters. The largest absolute Gasteiger partial charge is 0.508 e. The normalized spacial score (nSPS) is 19.8. The van der Waals surface area contributed by atoms with Crippen LogP contribution in [0.15, 0.2) is 60.7 Å². The average Bonchev–Trinajstić information content (AvgIpc) is 2.91. The van der Waals surface area contributed by atoms with E-state index in [1.165, 1.54) is 30.3 Å². The topological polar surface area (TPSA) is 160 Å². The van der Waals surface area contributed by atoms with Gasteiger partial charge in [0, 0.05) is 34.7 Å². The van der Waals surface area contributed by atoms with Crippen LogP contribution in [-0.2, 0) is 6.42 Å². The third-order valence-electron chi connectivity index (χ3n) is 7.48. The Labute approximate surface area is 223 Å². The molecule has 9 nitrogen and oxygen atoms in total. The van der Waals surface area contributed by atoms with Crippen molar-refractivity contribution in [2.75, 3.05) is 0 Å². The van der Waals surface area contributed by atoms with E-state index >= 15 is 0 Å². The predicted molar refractivity (Wildman–Crippen MR) is 139 cm³/mol. The van der Waals surface area contributed by atoms with Crippen molar-refractivity contribution < 1.29 is 45.2 Å². The Morgan fingerprint density at radius 1 is 0.590 bits per heavy atom. The van der Waals surface area contributed by atoms with Crippen LogP contribution in [0.4, 0.5) is 0 Å². The lowest BCUT2D eigenvalue weighted by Gasteiger charge is -2.35. The molecular formula is C30H26O9. The van der Waals surface area contributed by atoms with Gasteiger partial charge in [0.05, 0.1) is 0 Å². The van der Waals surface area contributed by atoms with E-state index in [0.717, 1.165) is 5.56 Å². The summed E-state index contributed by atoms with van der Waals surface area (Å²) in [4.78, 5) is 0. The van der Waals surface area contributed by atoms with Crippen molar-refractivity contribution in [3.05, 3.63) is 88.5 Å². The molecule has 9 heteroatoms. The fraction of sp³-hybridized carbons (Fsp3) is 0.200. The number of aromatic hydroxyl groups is 7. The highest BCUT2D eigenvalue weighted by Crippen LogP contribution is 2.54. The monoisotopic (exact) mass is 530 g/mol. The highest BCUT2D eigenvalue weighted by Gasteiger charge is 2.36. The van der Waals surface area contributed by atoms with E-state index in [2.05, 4.69) is 0 Å². The zero-order valence-electron chi connectivity index (χ0n) is 20.6. The number of hydrogen-bond donors (Lipinski definition) is 7. The number of phenols is 7. The number of hydrogen-bond acceptors (Lipinski definition) is 9. The fourth-order valence-electron chi connectivity index (χ4n) is 5.54. The first kappa shape index (κ1) is 24.4. The predicted octanol–water partition coefficient (Wildman–Crippen LogP) is 5.35. The van der Waals surface area contributed by atoms with Crippen LogP contribution in [0, 0.1) is 0 Å². The number of phenolic OH excluding ortho intramolecular Hbond substituents is 7. The van der Waals surface area contributed by atoms with Gasteiger partial charge in [0.1, 0.15) is 46.7 Å². The smallest absolute Gasteiger partial charge is 0.200 e. The Bertz CT molecular complexity index is 1560. The molecule has 0 aromatic heterocycles. The van der Waals surface area contributed by atoms with Crippen LogP contribution in [0.25, 0.3) is 0 Å². The maximum Gasteiger partial charge on any atom is 0.200 e. The summed E-state index contributed by atoms with van der Waals surface area (Å²) < 4.78 is 12.2. The number of ether oxygens (including phenoxy) is 2. The second-order valence-corrected chi connectivity index (χ2v) is 9.90. The minimum absolute atomic E-state index is 0.0171. The van der Waals surface area contributed by atoms with Crippen LogP contribution in [-0.4, -0.2) is 35.7 Å². The Balaban J connectivity index is 1.39. The molecule has 0 bridgehead atoms. The summed E-state index contributed by atoms with van der Waals surface area (Å²) in [6.45, 7) is 0. The van der Waals surface area contributed by atoms with Crippen molar-refractivity contribution in [1.29, 1.82) is 0 Å². The van der Waals surface area contributed by atoms with Gasteiger partial charge in [-0.3, -0.25) is 0 Å². The molecule has 0 radical (unpaired) electrons. The lowest BCUT2D eigenvalue weighted by atomic mass is 9.80. The molecule has 200 valence electrons. The molecule has 39 heavy (non-hydrogen) atoms. The summed E-state index contributed by atoms with van der Waals surface area (Å²) >= 11 is 0. The summed E-state index contributed by atoms with van der Waals surface area (Å²) in [6.07, 6.45) is 0.0930. The third-order valence-corrected chi connectivity index (χ3v) is 7.48. The first-order valence-electron chi connectivity index (χ1n) is 12.5. The van der Waals surface area contributed by atoms with E-state index in [0.29, 0.717) is 47.3 Å². The Hall–Kier alpha value is -4.92. The zero-order chi connectivity index (χ0) is 27.4. The molecule has 3 atom stereocenters. The lowest BCUT2D eigenvalue weighted by molar-refractivity contribution is 0.163. The quantitative estimate of drug-likeness (QED) is 0.173. The second kappa shape index (κ2) is 9.13. The first-order valence-corrected chi connectivity index (χ1v) is 12.5. The van der Waals surface area contributed by atoms with Gasteiger partial charge >= 0.3 is 0 Å². The SMILES string of the molecule is Oc1ccc(C2C[C@H](c3c(O)cc4c(c3O)CC[C@H](c3cc(O)c(O)c(O)c3)O4)c3ccc(O)cc3O2)cc1. The van der Waals surface area contributed by atoms with Crippen LogP contribution in [0.3, 0.4) is 0 Å². The summed E-state index contributed by atoms with van der Waals surface area (Å²) in [5, 5.41) is 71.9. The van der Waals surface area contributed by atoms with Crippen LogP contribution in [0.1, 0.15) is 58.8 Å². The number of benzene rings is 4. The molecule has 4 aromatic carbocycles. The molecule has 7 N–H and O–H groups in total. The Kier molecular flexibility index (Phi) is 5.71. The van der Waals surface area contributed by atoms with Crippen LogP contribution >= 0.6 is 0 Å². The molecule has 6 rings (SSSR count). The van der Waals surface area contributed by atoms with Gasteiger partial charge in [-0.2, -0.15) is 0 Å². The van der Waals surface area contributed by atoms with E-state index in [1.54, 1.807) is 30.3 Å². The molecule has 0 aliphatic carbocycles. The van der Waals surface area contributed by atoms with E-state index < -0.39 is 35.4 Å². The molecule has 0 fully saturated rings. The molecule has 4 aromatic rings. The number of rotatable bonds is 3. The van der Waals surface area contributed by atoms with E-state index in [-0.39, 0.29) is 28.7 Å². The van der Waals surface area contributed by atoms with Gasteiger partial charge in [-0.15, -0.1) is 0 Å².